The van der Waals surface area contributed by atoms with Crippen LogP contribution in [0.1, 0.15) is 5.69 Å². The van der Waals surface area contributed by atoms with Gasteiger partial charge in [-0.1, -0.05) is 17.3 Å². The molecule has 5 rings (SSSR count). The van der Waals surface area contributed by atoms with E-state index in [4.69, 9.17) is 19.2 Å². The van der Waals surface area contributed by atoms with E-state index in [0.29, 0.717) is 0 Å². The van der Waals surface area contributed by atoms with E-state index >= 15 is 0 Å². The molecule has 0 unspecified atom stereocenters. The van der Waals surface area contributed by atoms with E-state index < -0.39 is 0 Å². The van der Waals surface area contributed by atoms with Gasteiger partial charge in [-0.3, -0.25) is 0 Å². The van der Waals surface area contributed by atoms with E-state index in [0.717, 1.165) is 50.6 Å². The summed E-state index contributed by atoms with van der Waals surface area (Å²) in [6.45, 7) is 2.23. The minimum atomic E-state index is 0.256. The number of hydrogen-bond acceptors (Lipinski definition) is 7. The zero-order valence-corrected chi connectivity index (χ0v) is 16.1. The number of ether oxygens (including phenoxy) is 3. The average molecular weight is 392 g/mol. The lowest BCUT2D eigenvalue weighted by molar-refractivity contribution is 0.174. The average Bonchev–Trinajstić information content (AvgIpc) is 3.46. The largest absolute Gasteiger partial charge is 0.494 e. The van der Waals surface area contributed by atoms with Crippen molar-refractivity contribution in [3.05, 3.63) is 53.5 Å². The Hall–Kier alpha value is -3.39. The molecule has 0 bridgehead atoms. The number of fused-ring (bicyclic) bond motifs is 1. The first-order valence-corrected chi connectivity index (χ1v) is 9.54. The van der Waals surface area contributed by atoms with E-state index in [-0.39, 0.29) is 6.79 Å². The quantitative estimate of drug-likeness (QED) is 0.521. The summed E-state index contributed by atoms with van der Waals surface area (Å²) in [6.07, 6.45) is 0. The first kappa shape index (κ1) is 16.8. The molecule has 8 heteroatoms. The topological polar surface area (TPSA) is 71.3 Å². The lowest BCUT2D eigenvalue weighted by Gasteiger charge is -2.08. The number of hydrogen-bond donors (Lipinski definition) is 0. The minimum Gasteiger partial charge on any atom is -0.494 e. The molecule has 0 saturated heterocycles. The van der Waals surface area contributed by atoms with Gasteiger partial charge in [-0.05, 0) is 37.3 Å². The standard InChI is InChI=1S/C20H16N4O3S/c1-12-19(22-23-24(12)15-5-3-4-6-16(15)25-2)20-21-14(10-28-20)13-7-8-17-18(9-13)27-11-26-17/h3-10H,11H2,1-2H3. The predicted octanol–water partition coefficient (Wildman–Crippen LogP) is 4.10. The molecule has 28 heavy (non-hydrogen) atoms. The third-order valence-corrected chi connectivity index (χ3v) is 5.43. The molecule has 0 aliphatic carbocycles. The van der Waals surface area contributed by atoms with Crippen LogP contribution in [-0.4, -0.2) is 33.9 Å². The van der Waals surface area contributed by atoms with Crippen molar-refractivity contribution in [1.82, 2.24) is 20.0 Å². The molecular weight excluding hydrogens is 376 g/mol. The molecular formula is C20H16N4O3S. The van der Waals surface area contributed by atoms with Crippen LogP contribution in [0.2, 0.25) is 0 Å². The van der Waals surface area contributed by atoms with Gasteiger partial charge in [0.1, 0.15) is 22.1 Å². The zero-order chi connectivity index (χ0) is 19.1. The van der Waals surface area contributed by atoms with Crippen LogP contribution in [0.25, 0.3) is 27.6 Å². The normalized spacial score (nSPS) is 12.4. The van der Waals surface area contributed by atoms with E-state index in [1.54, 1.807) is 11.8 Å². The smallest absolute Gasteiger partial charge is 0.231 e. The molecule has 3 heterocycles. The molecule has 0 saturated carbocycles. The second kappa shape index (κ2) is 6.65. The van der Waals surface area contributed by atoms with Gasteiger partial charge in [-0.15, -0.1) is 16.4 Å². The SMILES string of the molecule is COc1ccccc1-n1nnc(-c2nc(-c3ccc4c(c3)OCO4)cs2)c1C. The van der Waals surface area contributed by atoms with Crippen LogP contribution >= 0.6 is 11.3 Å². The number of nitrogens with zero attached hydrogens (tertiary/aromatic N) is 4. The molecule has 0 spiro atoms. The number of benzene rings is 2. The molecule has 7 nitrogen and oxygen atoms in total. The second-order valence-corrected chi connectivity index (χ2v) is 7.07. The molecule has 140 valence electrons. The number of methoxy groups -OCH3 is 1. The van der Waals surface area contributed by atoms with Gasteiger partial charge in [0, 0.05) is 10.9 Å². The predicted molar refractivity (Wildman–Crippen MR) is 105 cm³/mol. The van der Waals surface area contributed by atoms with Crippen molar-refractivity contribution in [2.24, 2.45) is 0 Å². The maximum Gasteiger partial charge on any atom is 0.231 e. The zero-order valence-electron chi connectivity index (χ0n) is 15.2. The van der Waals surface area contributed by atoms with Gasteiger partial charge in [0.05, 0.1) is 18.5 Å². The Labute approximate surface area is 165 Å². The van der Waals surface area contributed by atoms with E-state index in [1.807, 2.05) is 54.8 Å². The fraction of sp³-hybridized carbons (Fsp3) is 0.150. The Morgan fingerprint density at radius 1 is 1.11 bits per heavy atom. The van der Waals surface area contributed by atoms with Crippen LogP contribution in [-0.2, 0) is 0 Å². The second-order valence-electron chi connectivity index (χ2n) is 6.21. The van der Waals surface area contributed by atoms with Gasteiger partial charge in [0.2, 0.25) is 6.79 Å². The van der Waals surface area contributed by atoms with Crippen LogP contribution in [0.4, 0.5) is 0 Å². The first-order chi connectivity index (χ1) is 13.7. The Kier molecular flexibility index (Phi) is 3.98. The molecule has 0 fully saturated rings. The summed E-state index contributed by atoms with van der Waals surface area (Å²) >= 11 is 1.53. The molecule has 0 N–H and O–H groups in total. The summed E-state index contributed by atoms with van der Waals surface area (Å²) < 4.78 is 18.1. The third kappa shape index (κ3) is 2.69. The molecule has 0 radical (unpaired) electrons. The monoisotopic (exact) mass is 392 g/mol. The Bertz CT molecular complexity index is 1170. The maximum atomic E-state index is 5.46. The van der Waals surface area contributed by atoms with Gasteiger partial charge in [-0.2, -0.15) is 0 Å². The number of thiazole rings is 1. The number of aromatic nitrogens is 4. The van der Waals surface area contributed by atoms with E-state index in [2.05, 4.69) is 10.3 Å². The van der Waals surface area contributed by atoms with Crippen molar-refractivity contribution in [1.29, 1.82) is 0 Å². The Morgan fingerprint density at radius 2 is 1.96 bits per heavy atom. The molecule has 0 atom stereocenters. The van der Waals surface area contributed by atoms with Crippen molar-refractivity contribution in [3.63, 3.8) is 0 Å². The number of para-hydroxylation sites is 2. The van der Waals surface area contributed by atoms with Crippen LogP contribution in [0.15, 0.2) is 47.8 Å². The first-order valence-electron chi connectivity index (χ1n) is 8.66. The molecule has 2 aromatic heterocycles. The fourth-order valence-electron chi connectivity index (χ4n) is 3.13. The fourth-order valence-corrected chi connectivity index (χ4v) is 3.99. The van der Waals surface area contributed by atoms with Crippen LogP contribution in [0, 0.1) is 6.92 Å². The molecule has 1 aliphatic heterocycles. The van der Waals surface area contributed by atoms with Crippen LogP contribution < -0.4 is 14.2 Å². The molecule has 4 aromatic rings. The lowest BCUT2D eigenvalue weighted by atomic mass is 10.1. The summed E-state index contributed by atoms with van der Waals surface area (Å²) in [4.78, 5) is 4.76. The Balaban J connectivity index is 1.51. The summed E-state index contributed by atoms with van der Waals surface area (Å²) in [6, 6.07) is 13.5. The van der Waals surface area contributed by atoms with Gasteiger partial charge in [0.15, 0.2) is 11.5 Å². The van der Waals surface area contributed by atoms with Crippen molar-refractivity contribution in [2.45, 2.75) is 6.92 Å². The maximum absolute atomic E-state index is 5.46. The van der Waals surface area contributed by atoms with Crippen LogP contribution in [0.5, 0.6) is 17.2 Å². The number of rotatable bonds is 4. The summed E-state index contributed by atoms with van der Waals surface area (Å²) in [5.74, 6) is 2.24. The van der Waals surface area contributed by atoms with Crippen molar-refractivity contribution >= 4 is 11.3 Å². The summed E-state index contributed by atoms with van der Waals surface area (Å²) in [7, 11) is 1.64. The highest BCUT2D eigenvalue weighted by atomic mass is 32.1. The van der Waals surface area contributed by atoms with Crippen molar-refractivity contribution in [3.8, 4) is 44.9 Å². The minimum absolute atomic E-state index is 0.256. The van der Waals surface area contributed by atoms with Gasteiger partial charge >= 0.3 is 0 Å². The van der Waals surface area contributed by atoms with E-state index in [1.165, 1.54) is 11.3 Å². The highest BCUT2D eigenvalue weighted by Gasteiger charge is 2.19. The highest BCUT2D eigenvalue weighted by molar-refractivity contribution is 7.13. The van der Waals surface area contributed by atoms with Gasteiger partial charge < -0.3 is 14.2 Å². The summed E-state index contributed by atoms with van der Waals surface area (Å²) in [5.41, 5.74) is 4.33. The molecule has 0 amide bonds. The third-order valence-electron chi connectivity index (χ3n) is 4.58. The van der Waals surface area contributed by atoms with Gasteiger partial charge in [-0.25, -0.2) is 9.67 Å². The van der Waals surface area contributed by atoms with Gasteiger partial charge in [0.25, 0.3) is 0 Å². The highest BCUT2D eigenvalue weighted by Crippen LogP contribution is 2.37. The van der Waals surface area contributed by atoms with Crippen molar-refractivity contribution < 1.29 is 14.2 Å². The molecule has 2 aromatic carbocycles. The van der Waals surface area contributed by atoms with Crippen molar-refractivity contribution in [2.75, 3.05) is 13.9 Å². The lowest BCUT2D eigenvalue weighted by Crippen LogP contribution is -2.01. The Morgan fingerprint density at radius 3 is 2.86 bits per heavy atom. The van der Waals surface area contributed by atoms with E-state index in [9.17, 15) is 0 Å². The molecule has 1 aliphatic rings. The summed E-state index contributed by atoms with van der Waals surface area (Å²) in [5, 5.41) is 11.5. The van der Waals surface area contributed by atoms with Crippen LogP contribution in [0.3, 0.4) is 0 Å².